The average Bonchev–Trinajstić information content (AvgIpc) is 2.71. The first kappa shape index (κ1) is 22.1. The standard InChI is InChI=1S/C24H37O2P/c1-2-3-4-5-6-7-8-9-10-17-22-27(25,26,23-18-13-11-14-19-23)24-20-15-12-16-21-24/h11-16,18-21,25-26H,2-10,17,22H2,1H3. The van der Waals surface area contributed by atoms with Crippen LogP contribution in [0.15, 0.2) is 60.7 Å². The molecule has 0 fully saturated rings. The topological polar surface area (TPSA) is 40.5 Å². The molecule has 0 atom stereocenters. The summed E-state index contributed by atoms with van der Waals surface area (Å²) in [6.07, 6.45) is 12.8. The molecule has 2 nitrogen and oxygen atoms in total. The van der Waals surface area contributed by atoms with E-state index in [0.717, 1.165) is 12.8 Å². The van der Waals surface area contributed by atoms with Crippen molar-refractivity contribution >= 4 is 17.7 Å². The van der Waals surface area contributed by atoms with Crippen molar-refractivity contribution in [3.63, 3.8) is 0 Å². The Bertz CT molecular complexity index is 596. The third-order valence-electron chi connectivity index (χ3n) is 5.53. The third kappa shape index (κ3) is 6.42. The minimum atomic E-state index is -4.09. The molecule has 2 rings (SSSR count). The first-order chi connectivity index (χ1) is 13.1. The van der Waals surface area contributed by atoms with Crippen molar-refractivity contribution < 1.29 is 9.79 Å². The summed E-state index contributed by atoms with van der Waals surface area (Å²) in [6.45, 7) is 2.25. The van der Waals surface area contributed by atoms with Gasteiger partial charge in [0.05, 0.1) is 0 Å². The monoisotopic (exact) mass is 388 g/mol. The molecule has 0 unspecified atom stereocenters. The zero-order valence-electron chi connectivity index (χ0n) is 16.9. The normalized spacial score (nSPS) is 13.2. The Labute approximate surface area is 165 Å². The molecule has 0 spiro atoms. The second-order valence-electron chi connectivity index (χ2n) is 7.78. The first-order valence-corrected chi connectivity index (χ1v) is 13.0. The maximum absolute atomic E-state index is 11.6. The van der Waals surface area contributed by atoms with E-state index in [4.69, 9.17) is 0 Å². The second kappa shape index (κ2) is 11.0. The first-order valence-electron chi connectivity index (χ1n) is 10.7. The van der Waals surface area contributed by atoms with E-state index >= 15 is 0 Å². The van der Waals surface area contributed by atoms with Crippen molar-refractivity contribution in [2.75, 3.05) is 6.16 Å². The SMILES string of the molecule is CCCCCCCCCCCCP(O)(O)(c1ccccc1)c1ccccc1. The molecule has 0 bridgehead atoms. The summed E-state index contributed by atoms with van der Waals surface area (Å²) >= 11 is 0. The van der Waals surface area contributed by atoms with Gasteiger partial charge in [0.25, 0.3) is 0 Å². The van der Waals surface area contributed by atoms with Crippen molar-refractivity contribution in [2.45, 2.75) is 71.1 Å². The molecule has 0 aromatic heterocycles. The number of hydrogen-bond donors (Lipinski definition) is 2. The van der Waals surface area contributed by atoms with E-state index in [0.29, 0.717) is 16.8 Å². The fraction of sp³-hybridized carbons (Fsp3) is 0.500. The third-order valence-corrected chi connectivity index (χ3v) is 9.46. The zero-order chi connectivity index (χ0) is 19.5. The molecule has 150 valence electrons. The van der Waals surface area contributed by atoms with Gasteiger partial charge in [-0.1, -0.05) is 0 Å². The maximum atomic E-state index is 11.6. The van der Waals surface area contributed by atoms with Crippen LogP contribution in [-0.2, 0) is 0 Å². The molecule has 0 aliphatic carbocycles. The number of benzene rings is 2. The van der Waals surface area contributed by atoms with Gasteiger partial charge in [0.15, 0.2) is 0 Å². The van der Waals surface area contributed by atoms with Crippen LogP contribution in [0.3, 0.4) is 0 Å². The second-order valence-corrected chi connectivity index (χ2v) is 11.7. The van der Waals surface area contributed by atoms with Gasteiger partial charge in [-0.25, -0.2) is 0 Å². The van der Waals surface area contributed by atoms with Gasteiger partial charge in [0.2, 0.25) is 0 Å². The number of hydrogen-bond acceptors (Lipinski definition) is 2. The molecule has 27 heavy (non-hydrogen) atoms. The van der Waals surface area contributed by atoms with Gasteiger partial charge >= 0.3 is 165 Å². The van der Waals surface area contributed by atoms with E-state index in [9.17, 15) is 9.79 Å². The molecule has 0 saturated carbocycles. The van der Waals surface area contributed by atoms with Gasteiger partial charge < -0.3 is 0 Å². The summed E-state index contributed by atoms with van der Waals surface area (Å²) < 4.78 is 0. The quantitative estimate of drug-likeness (QED) is 0.330. The molecular formula is C24H37O2P. The average molecular weight is 389 g/mol. The van der Waals surface area contributed by atoms with Crippen molar-refractivity contribution in [2.24, 2.45) is 0 Å². The summed E-state index contributed by atoms with van der Waals surface area (Å²) in [7, 11) is -4.09. The number of unbranched alkanes of at least 4 members (excludes halogenated alkanes) is 9. The molecule has 0 radical (unpaired) electrons. The fourth-order valence-electron chi connectivity index (χ4n) is 3.79. The van der Waals surface area contributed by atoms with Gasteiger partial charge in [0.1, 0.15) is 0 Å². The van der Waals surface area contributed by atoms with E-state index in [1.54, 1.807) is 0 Å². The fourth-order valence-corrected chi connectivity index (χ4v) is 7.02. The van der Waals surface area contributed by atoms with Crippen LogP contribution in [0.1, 0.15) is 71.1 Å². The molecule has 2 aromatic carbocycles. The van der Waals surface area contributed by atoms with Gasteiger partial charge in [-0.15, -0.1) is 0 Å². The van der Waals surface area contributed by atoms with Gasteiger partial charge in [-0.2, -0.15) is 0 Å². The van der Waals surface area contributed by atoms with Crippen molar-refractivity contribution in [1.29, 1.82) is 0 Å². The van der Waals surface area contributed by atoms with E-state index in [1.807, 2.05) is 60.7 Å². The van der Waals surface area contributed by atoms with Gasteiger partial charge in [-0.3, -0.25) is 0 Å². The molecule has 0 aliphatic rings. The Morgan fingerprint density at radius 3 is 1.33 bits per heavy atom. The Morgan fingerprint density at radius 2 is 0.926 bits per heavy atom. The number of rotatable bonds is 13. The van der Waals surface area contributed by atoms with Crippen LogP contribution < -0.4 is 10.6 Å². The van der Waals surface area contributed by atoms with Crippen LogP contribution in [-0.4, -0.2) is 15.9 Å². The van der Waals surface area contributed by atoms with E-state index in [-0.39, 0.29) is 0 Å². The van der Waals surface area contributed by atoms with Crippen LogP contribution in [0.4, 0.5) is 0 Å². The van der Waals surface area contributed by atoms with Crippen LogP contribution in [0.5, 0.6) is 0 Å². The molecule has 3 heteroatoms. The summed E-state index contributed by atoms with van der Waals surface area (Å²) in [5, 5.41) is 1.34. The predicted octanol–water partition coefficient (Wildman–Crippen LogP) is 5.93. The van der Waals surface area contributed by atoms with Crippen molar-refractivity contribution in [3.05, 3.63) is 60.7 Å². The molecule has 0 saturated heterocycles. The molecule has 2 N–H and O–H groups in total. The summed E-state index contributed by atoms with van der Waals surface area (Å²) in [5.41, 5.74) is 0. The van der Waals surface area contributed by atoms with Crippen molar-refractivity contribution in [1.82, 2.24) is 0 Å². The Kier molecular flexibility index (Phi) is 8.96. The van der Waals surface area contributed by atoms with Crippen LogP contribution in [0.25, 0.3) is 0 Å². The van der Waals surface area contributed by atoms with Crippen LogP contribution in [0.2, 0.25) is 0 Å². The van der Waals surface area contributed by atoms with Gasteiger partial charge in [-0.05, 0) is 0 Å². The minimum absolute atomic E-state index is 0.441. The predicted molar refractivity (Wildman–Crippen MR) is 120 cm³/mol. The Morgan fingerprint density at radius 1 is 0.556 bits per heavy atom. The van der Waals surface area contributed by atoms with Crippen molar-refractivity contribution in [3.8, 4) is 0 Å². The summed E-state index contributed by atoms with van der Waals surface area (Å²) in [4.78, 5) is 23.3. The summed E-state index contributed by atoms with van der Waals surface area (Å²) in [6, 6.07) is 18.9. The zero-order valence-corrected chi connectivity index (χ0v) is 17.8. The van der Waals surface area contributed by atoms with Crippen LogP contribution in [0, 0.1) is 0 Å². The van der Waals surface area contributed by atoms with E-state index < -0.39 is 7.06 Å². The molecule has 2 aromatic rings. The van der Waals surface area contributed by atoms with Gasteiger partial charge in [0, 0.05) is 0 Å². The Balaban J connectivity index is 1.88. The molecule has 0 heterocycles. The summed E-state index contributed by atoms with van der Waals surface area (Å²) in [5.74, 6) is 0. The van der Waals surface area contributed by atoms with E-state index in [1.165, 1.54) is 51.4 Å². The Hall–Kier alpha value is -1.21. The van der Waals surface area contributed by atoms with E-state index in [2.05, 4.69) is 6.92 Å². The molecule has 0 aliphatic heterocycles. The van der Waals surface area contributed by atoms with Crippen LogP contribution >= 0.6 is 7.06 Å². The molecular weight excluding hydrogens is 351 g/mol. The molecule has 0 amide bonds.